The van der Waals surface area contributed by atoms with Crippen LogP contribution in [-0.4, -0.2) is 75.6 Å². The monoisotopic (exact) mass is 543 g/mol. The van der Waals surface area contributed by atoms with Gasteiger partial charge in [0.05, 0.1) is 28.2 Å². The van der Waals surface area contributed by atoms with Crippen LogP contribution in [0.15, 0.2) is 54.6 Å². The fourth-order valence-electron chi connectivity index (χ4n) is 5.02. The highest BCUT2D eigenvalue weighted by atomic mass is 35.5. The lowest BCUT2D eigenvalue weighted by molar-refractivity contribution is 0.0916. The summed E-state index contributed by atoms with van der Waals surface area (Å²) >= 11 is 6.01. The zero-order valence-corrected chi connectivity index (χ0v) is 22.6. The zero-order valence-electron chi connectivity index (χ0n) is 21.8. The Kier molecular flexibility index (Phi) is 6.72. The number of hydrogen-bond donors (Lipinski definition) is 4. The van der Waals surface area contributed by atoms with Crippen LogP contribution in [0.3, 0.4) is 0 Å². The van der Waals surface area contributed by atoms with Crippen molar-refractivity contribution in [1.82, 2.24) is 30.2 Å². The van der Waals surface area contributed by atoms with E-state index in [0.717, 1.165) is 53.8 Å². The molecule has 0 aliphatic carbocycles. The summed E-state index contributed by atoms with van der Waals surface area (Å²) < 4.78 is 0. The van der Waals surface area contributed by atoms with Crippen molar-refractivity contribution in [3.63, 3.8) is 0 Å². The number of rotatable bonds is 6. The number of halogens is 1. The number of aryl methyl sites for hydroxylation is 1. The van der Waals surface area contributed by atoms with E-state index in [-0.39, 0.29) is 12.5 Å². The number of fused-ring (bicyclic) bond motifs is 2. The van der Waals surface area contributed by atoms with Crippen LogP contribution in [0.5, 0.6) is 0 Å². The van der Waals surface area contributed by atoms with Gasteiger partial charge >= 0.3 is 0 Å². The molecule has 5 aromatic rings. The Labute approximate surface area is 230 Å². The maximum atomic E-state index is 12.8. The first-order valence-corrected chi connectivity index (χ1v) is 13.4. The molecule has 1 atom stereocenters. The first kappa shape index (κ1) is 25.4. The number of H-pyrrole nitrogens is 2. The largest absolute Gasteiger partial charge is 0.387 e. The Hall–Kier alpha value is -3.92. The summed E-state index contributed by atoms with van der Waals surface area (Å²) in [6, 6.07) is 16.6. The molecule has 1 saturated heterocycles. The number of aliphatic hydroxyl groups is 1. The predicted molar refractivity (Wildman–Crippen MR) is 154 cm³/mol. The van der Waals surface area contributed by atoms with Crippen LogP contribution in [0.4, 0.5) is 5.69 Å². The molecule has 1 aliphatic rings. The van der Waals surface area contributed by atoms with Gasteiger partial charge in [0.1, 0.15) is 0 Å². The van der Waals surface area contributed by atoms with E-state index in [1.165, 1.54) is 5.69 Å². The van der Waals surface area contributed by atoms with Gasteiger partial charge in [-0.25, -0.2) is 9.97 Å². The lowest BCUT2D eigenvalue weighted by atomic mass is 10.1. The molecule has 39 heavy (non-hydrogen) atoms. The van der Waals surface area contributed by atoms with Crippen molar-refractivity contribution in [3.8, 4) is 11.6 Å². The van der Waals surface area contributed by atoms with E-state index in [4.69, 9.17) is 21.6 Å². The number of aromatic nitrogens is 4. The third-order valence-corrected chi connectivity index (χ3v) is 7.52. The molecule has 1 fully saturated rings. The number of benzene rings is 3. The number of anilines is 1. The Bertz CT molecular complexity index is 1670. The van der Waals surface area contributed by atoms with Crippen molar-refractivity contribution in [2.24, 2.45) is 0 Å². The summed E-state index contributed by atoms with van der Waals surface area (Å²) in [5.41, 5.74) is 6.77. The number of nitrogens with zero attached hydrogens (tertiary/aromatic N) is 4. The van der Waals surface area contributed by atoms with E-state index < -0.39 is 6.10 Å². The number of carbonyl (C=O) groups excluding carboxylic acids is 1. The minimum absolute atomic E-state index is 0.0693. The molecule has 3 heterocycles. The van der Waals surface area contributed by atoms with Gasteiger partial charge < -0.3 is 30.2 Å². The zero-order chi connectivity index (χ0) is 27.1. The van der Waals surface area contributed by atoms with Crippen LogP contribution < -0.4 is 10.2 Å². The smallest absolute Gasteiger partial charge is 0.251 e. The van der Waals surface area contributed by atoms with Crippen molar-refractivity contribution in [2.45, 2.75) is 13.0 Å². The third kappa shape index (κ3) is 5.21. The molecule has 200 valence electrons. The number of likely N-dealkylation sites (N-methyl/N-ethyl adjacent to an activating group) is 1. The molecule has 4 N–H and O–H groups in total. The highest BCUT2D eigenvalue weighted by Crippen LogP contribution is 2.28. The van der Waals surface area contributed by atoms with Gasteiger partial charge in [-0.15, -0.1) is 0 Å². The van der Waals surface area contributed by atoms with Crippen molar-refractivity contribution < 1.29 is 9.90 Å². The minimum Gasteiger partial charge on any atom is -0.387 e. The highest BCUT2D eigenvalue weighted by Gasteiger charge is 2.18. The number of piperazine rings is 1. The summed E-state index contributed by atoms with van der Waals surface area (Å²) in [6.45, 7) is 6.25. The fraction of sp³-hybridized carbons (Fsp3) is 0.276. The molecular formula is C29H30ClN7O2. The number of imidazole rings is 2. The molecule has 2 aromatic heterocycles. The van der Waals surface area contributed by atoms with Crippen LogP contribution in [0.2, 0.25) is 5.02 Å². The molecular weight excluding hydrogens is 514 g/mol. The van der Waals surface area contributed by atoms with E-state index >= 15 is 0 Å². The summed E-state index contributed by atoms with van der Waals surface area (Å²) in [6.07, 6.45) is -0.858. The summed E-state index contributed by atoms with van der Waals surface area (Å²) in [4.78, 5) is 33.8. The predicted octanol–water partition coefficient (Wildman–Crippen LogP) is 4.28. The van der Waals surface area contributed by atoms with Gasteiger partial charge in [-0.1, -0.05) is 23.7 Å². The molecule has 10 heteroatoms. The molecule has 0 bridgehead atoms. The van der Waals surface area contributed by atoms with Gasteiger partial charge in [0.25, 0.3) is 5.91 Å². The van der Waals surface area contributed by atoms with Crippen LogP contribution in [0, 0.1) is 6.92 Å². The van der Waals surface area contributed by atoms with Crippen LogP contribution in [-0.2, 0) is 0 Å². The SMILES string of the molecule is Cc1cc(N2CCN(C)CC2)cc2[nH]c(-c3nc4ccc(C(=O)NC[C@@H](O)c5cccc(Cl)c5)cc4[nH]3)nc12. The Balaban J connectivity index is 1.20. The van der Waals surface area contributed by atoms with Gasteiger partial charge in [-0.05, 0) is 67.6 Å². The van der Waals surface area contributed by atoms with E-state index in [0.29, 0.717) is 27.8 Å². The van der Waals surface area contributed by atoms with Crippen LogP contribution >= 0.6 is 11.6 Å². The maximum Gasteiger partial charge on any atom is 0.251 e. The molecule has 9 nitrogen and oxygen atoms in total. The average Bonchev–Trinajstić information content (AvgIpc) is 3.56. The summed E-state index contributed by atoms with van der Waals surface area (Å²) in [5.74, 6) is 0.969. The van der Waals surface area contributed by atoms with Crippen LogP contribution in [0.1, 0.15) is 27.6 Å². The minimum atomic E-state index is -0.858. The maximum absolute atomic E-state index is 12.8. The number of aromatic amines is 2. The van der Waals surface area contributed by atoms with Gasteiger partial charge in [-0.3, -0.25) is 4.79 Å². The molecule has 3 aromatic carbocycles. The average molecular weight is 544 g/mol. The van der Waals surface area contributed by atoms with Gasteiger partial charge in [0, 0.05) is 49.0 Å². The molecule has 1 amide bonds. The van der Waals surface area contributed by atoms with E-state index in [1.54, 1.807) is 42.5 Å². The summed E-state index contributed by atoms with van der Waals surface area (Å²) in [5, 5.41) is 13.7. The lowest BCUT2D eigenvalue weighted by Gasteiger charge is -2.34. The number of nitrogens with one attached hydrogen (secondary N) is 3. The van der Waals surface area contributed by atoms with Gasteiger partial charge in [0.2, 0.25) is 0 Å². The van der Waals surface area contributed by atoms with Crippen molar-refractivity contribution in [3.05, 3.63) is 76.3 Å². The first-order chi connectivity index (χ1) is 18.8. The number of hydrogen-bond acceptors (Lipinski definition) is 6. The second kappa shape index (κ2) is 10.3. The standard InChI is InChI=1S/C29H30ClN7O2/c1-17-12-21(37-10-8-36(2)9-11-37)15-24-26(17)35-28(34-24)27-32-22-7-6-19(14-23(22)33-27)29(39)31-16-25(38)18-4-3-5-20(30)13-18/h3-7,12-15,25,38H,8-11,16H2,1-2H3,(H,31,39)(H,32,33)(H,34,35)/t25-/m1/s1. The first-order valence-electron chi connectivity index (χ1n) is 13.0. The van der Waals surface area contributed by atoms with Gasteiger partial charge in [-0.2, -0.15) is 0 Å². The van der Waals surface area contributed by atoms with E-state index in [9.17, 15) is 9.90 Å². The van der Waals surface area contributed by atoms with Crippen molar-refractivity contribution in [2.75, 3.05) is 44.7 Å². The molecule has 0 spiro atoms. The Morgan fingerprint density at radius 1 is 1.03 bits per heavy atom. The molecule has 0 radical (unpaired) electrons. The second-order valence-electron chi connectivity index (χ2n) is 10.1. The van der Waals surface area contributed by atoms with E-state index in [2.05, 4.69) is 51.2 Å². The Morgan fingerprint density at radius 2 is 1.79 bits per heavy atom. The molecule has 1 aliphatic heterocycles. The van der Waals surface area contributed by atoms with Crippen LogP contribution in [0.25, 0.3) is 33.7 Å². The summed E-state index contributed by atoms with van der Waals surface area (Å²) in [7, 11) is 2.16. The number of aliphatic hydroxyl groups excluding tert-OH is 1. The fourth-order valence-corrected chi connectivity index (χ4v) is 5.22. The molecule has 0 unspecified atom stereocenters. The third-order valence-electron chi connectivity index (χ3n) is 7.29. The second-order valence-corrected chi connectivity index (χ2v) is 10.6. The normalized spacial score (nSPS) is 15.2. The molecule has 6 rings (SSSR count). The van der Waals surface area contributed by atoms with Gasteiger partial charge in [0.15, 0.2) is 11.6 Å². The van der Waals surface area contributed by atoms with Crippen molar-refractivity contribution >= 4 is 45.3 Å². The topological polar surface area (TPSA) is 113 Å². The Morgan fingerprint density at radius 3 is 2.59 bits per heavy atom. The highest BCUT2D eigenvalue weighted by molar-refractivity contribution is 6.30. The van der Waals surface area contributed by atoms with E-state index in [1.807, 2.05) is 0 Å². The quantitative estimate of drug-likeness (QED) is 0.254. The number of carbonyl (C=O) groups is 1. The van der Waals surface area contributed by atoms with Crippen molar-refractivity contribution in [1.29, 1.82) is 0 Å². The number of amides is 1. The lowest BCUT2D eigenvalue weighted by Crippen LogP contribution is -2.44. The molecule has 0 saturated carbocycles.